The molecule has 1 unspecified atom stereocenters. The van der Waals surface area contributed by atoms with Crippen LogP contribution in [0.4, 0.5) is 11.5 Å². The van der Waals surface area contributed by atoms with Gasteiger partial charge in [0.2, 0.25) is 5.91 Å². The lowest BCUT2D eigenvalue weighted by Crippen LogP contribution is -2.47. The van der Waals surface area contributed by atoms with Gasteiger partial charge in [-0.15, -0.1) is 0 Å². The minimum absolute atomic E-state index is 0.0767. The lowest BCUT2D eigenvalue weighted by molar-refractivity contribution is -0.116. The first-order valence-electron chi connectivity index (χ1n) is 10.5. The molecule has 2 aromatic carbocycles. The van der Waals surface area contributed by atoms with Crippen LogP contribution in [-0.2, 0) is 11.2 Å². The van der Waals surface area contributed by atoms with Gasteiger partial charge in [-0.2, -0.15) is 4.37 Å². The van der Waals surface area contributed by atoms with Gasteiger partial charge in [0, 0.05) is 57.3 Å². The second-order valence-corrected chi connectivity index (χ2v) is 8.92. The minimum Gasteiger partial charge on any atom is -0.387 e. The van der Waals surface area contributed by atoms with Crippen LogP contribution < -0.4 is 9.80 Å². The van der Waals surface area contributed by atoms with Crippen molar-refractivity contribution in [1.82, 2.24) is 9.27 Å². The van der Waals surface area contributed by atoms with E-state index in [0.717, 1.165) is 61.8 Å². The van der Waals surface area contributed by atoms with E-state index >= 15 is 0 Å². The Morgan fingerprint density at radius 3 is 2.73 bits per heavy atom. The molecule has 3 aromatic rings. The van der Waals surface area contributed by atoms with E-state index in [1.807, 2.05) is 17.0 Å². The number of rotatable bonds is 4. The molecule has 1 N–H and O–H groups in total. The summed E-state index contributed by atoms with van der Waals surface area (Å²) in [4.78, 5) is 18.2. The summed E-state index contributed by atoms with van der Waals surface area (Å²) >= 11 is 1.56. The summed E-state index contributed by atoms with van der Waals surface area (Å²) in [6, 6.07) is 14.4. The SMILES string of the molecule is CC(=O)N1CCc2cc(C(O)CN3CCN(c4nsc5ccccc45)CC3)ccc21. The van der Waals surface area contributed by atoms with Crippen molar-refractivity contribution in [2.45, 2.75) is 19.4 Å². The fraction of sp³-hybridized carbons (Fsp3) is 0.391. The Morgan fingerprint density at radius 2 is 1.93 bits per heavy atom. The summed E-state index contributed by atoms with van der Waals surface area (Å²) in [5.74, 6) is 1.16. The van der Waals surface area contributed by atoms with Gasteiger partial charge in [-0.1, -0.05) is 24.3 Å². The average molecular weight is 423 g/mol. The number of carbonyl (C=O) groups excluding carboxylic acids is 1. The Balaban J connectivity index is 1.21. The molecule has 5 rings (SSSR count). The molecule has 2 aliphatic rings. The largest absolute Gasteiger partial charge is 0.387 e. The van der Waals surface area contributed by atoms with E-state index in [-0.39, 0.29) is 5.91 Å². The molecule has 0 aliphatic carbocycles. The first-order chi connectivity index (χ1) is 14.6. The van der Waals surface area contributed by atoms with Gasteiger partial charge in [-0.25, -0.2) is 0 Å². The van der Waals surface area contributed by atoms with Crippen molar-refractivity contribution in [2.75, 3.05) is 49.1 Å². The van der Waals surface area contributed by atoms with Crippen LogP contribution in [0.1, 0.15) is 24.2 Å². The van der Waals surface area contributed by atoms with E-state index in [1.54, 1.807) is 18.5 Å². The van der Waals surface area contributed by atoms with Crippen LogP contribution in [0.2, 0.25) is 0 Å². The number of benzene rings is 2. The number of aliphatic hydroxyl groups excluding tert-OH is 1. The summed E-state index contributed by atoms with van der Waals surface area (Å²) in [6.45, 7) is 6.61. The predicted molar refractivity (Wildman–Crippen MR) is 121 cm³/mol. The molecule has 2 aliphatic heterocycles. The molecule has 1 aromatic heterocycles. The number of carbonyl (C=O) groups is 1. The molecule has 7 heteroatoms. The van der Waals surface area contributed by atoms with Gasteiger partial charge in [0.25, 0.3) is 0 Å². The second kappa shape index (κ2) is 7.98. The highest BCUT2D eigenvalue weighted by molar-refractivity contribution is 7.13. The molecule has 6 nitrogen and oxygen atoms in total. The third-order valence-corrected chi connectivity index (χ3v) is 7.04. The van der Waals surface area contributed by atoms with E-state index in [4.69, 9.17) is 0 Å². The van der Waals surface area contributed by atoms with Crippen molar-refractivity contribution in [3.8, 4) is 0 Å². The summed E-state index contributed by atoms with van der Waals surface area (Å²) in [7, 11) is 0. The van der Waals surface area contributed by atoms with E-state index in [9.17, 15) is 9.90 Å². The first-order valence-corrected chi connectivity index (χ1v) is 11.3. The molecule has 156 valence electrons. The van der Waals surface area contributed by atoms with Gasteiger partial charge in [0.05, 0.1) is 10.8 Å². The van der Waals surface area contributed by atoms with Crippen LogP contribution in [0, 0.1) is 0 Å². The normalized spacial score (nSPS) is 18.1. The Labute approximate surface area is 180 Å². The molecule has 30 heavy (non-hydrogen) atoms. The Hall–Kier alpha value is -2.48. The monoisotopic (exact) mass is 422 g/mol. The molecule has 1 amide bonds. The van der Waals surface area contributed by atoms with Gasteiger partial charge in [0.15, 0.2) is 0 Å². The number of fused-ring (bicyclic) bond motifs is 2. The van der Waals surface area contributed by atoms with Crippen LogP contribution >= 0.6 is 11.5 Å². The molecule has 1 atom stereocenters. The maximum atomic E-state index is 11.7. The number of anilines is 2. The zero-order valence-corrected chi connectivity index (χ0v) is 17.9. The molecular weight excluding hydrogens is 396 g/mol. The summed E-state index contributed by atoms with van der Waals surface area (Å²) < 4.78 is 5.90. The fourth-order valence-corrected chi connectivity index (χ4v) is 5.34. The standard InChI is InChI=1S/C23H26N4O2S/c1-16(28)27-9-8-17-14-18(6-7-20(17)27)21(29)15-25-10-12-26(13-11-25)23-19-4-2-3-5-22(19)30-24-23/h2-7,14,21,29H,8-13,15H2,1H3. The maximum absolute atomic E-state index is 11.7. The molecule has 1 saturated heterocycles. The first kappa shape index (κ1) is 19.5. The number of hydrogen-bond donors (Lipinski definition) is 1. The minimum atomic E-state index is -0.520. The van der Waals surface area contributed by atoms with Gasteiger partial charge in [-0.3, -0.25) is 9.69 Å². The second-order valence-electron chi connectivity index (χ2n) is 8.11. The molecule has 0 bridgehead atoms. The fourth-order valence-electron chi connectivity index (χ4n) is 4.55. The lowest BCUT2D eigenvalue weighted by atomic mass is 10.0. The number of amides is 1. The van der Waals surface area contributed by atoms with Gasteiger partial charge in [0.1, 0.15) is 5.82 Å². The van der Waals surface area contributed by atoms with Gasteiger partial charge >= 0.3 is 0 Å². The number of piperazine rings is 1. The van der Waals surface area contributed by atoms with Crippen LogP contribution in [0.15, 0.2) is 42.5 Å². The third kappa shape index (κ3) is 3.57. The van der Waals surface area contributed by atoms with Gasteiger partial charge in [-0.05, 0) is 47.3 Å². The highest BCUT2D eigenvalue weighted by Crippen LogP contribution is 2.32. The van der Waals surface area contributed by atoms with Crippen LogP contribution in [0.3, 0.4) is 0 Å². The molecule has 0 spiro atoms. The number of aliphatic hydroxyl groups is 1. The Bertz CT molecular complexity index is 1070. The predicted octanol–water partition coefficient (Wildman–Crippen LogP) is 3.06. The molecule has 0 saturated carbocycles. The Morgan fingerprint density at radius 1 is 1.13 bits per heavy atom. The van der Waals surface area contributed by atoms with Crippen LogP contribution in [0.25, 0.3) is 10.1 Å². The van der Waals surface area contributed by atoms with Crippen molar-refractivity contribution in [2.24, 2.45) is 0 Å². The van der Waals surface area contributed by atoms with Gasteiger partial charge < -0.3 is 14.9 Å². The van der Waals surface area contributed by atoms with E-state index in [1.165, 1.54) is 10.1 Å². The zero-order chi connectivity index (χ0) is 20.7. The summed E-state index contributed by atoms with van der Waals surface area (Å²) in [5, 5.41) is 12.1. The third-order valence-electron chi connectivity index (χ3n) is 6.23. The highest BCUT2D eigenvalue weighted by atomic mass is 32.1. The smallest absolute Gasteiger partial charge is 0.223 e. The molecular formula is C23H26N4O2S. The summed E-state index contributed by atoms with van der Waals surface area (Å²) in [6.07, 6.45) is 0.337. The number of aromatic nitrogens is 1. The topological polar surface area (TPSA) is 59.9 Å². The highest BCUT2D eigenvalue weighted by Gasteiger charge is 2.25. The lowest BCUT2D eigenvalue weighted by Gasteiger charge is -2.36. The molecule has 0 radical (unpaired) electrons. The van der Waals surface area contributed by atoms with Crippen molar-refractivity contribution in [3.05, 3.63) is 53.6 Å². The number of nitrogens with zero attached hydrogens (tertiary/aromatic N) is 4. The van der Waals surface area contributed by atoms with Crippen molar-refractivity contribution < 1.29 is 9.90 Å². The van der Waals surface area contributed by atoms with Crippen LogP contribution in [-0.4, -0.2) is 59.6 Å². The maximum Gasteiger partial charge on any atom is 0.223 e. The van der Waals surface area contributed by atoms with E-state index in [2.05, 4.69) is 44.5 Å². The number of β-amino-alcohol motifs (C(OH)–C–C–N with tert-alkyl or cyclic N) is 1. The molecule has 1 fully saturated rings. The summed E-state index contributed by atoms with van der Waals surface area (Å²) in [5.41, 5.74) is 3.08. The van der Waals surface area contributed by atoms with Crippen molar-refractivity contribution >= 4 is 39.0 Å². The van der Waals surface area contributed by atoms with Crippen molar-refractivity contribution in [3.63, 3.8) is 0 Å². The van der Waals surface area contributed by atoms with E-state index < -0.39 is 6.10 Å². The van der Waals surface area contributed by atoms with Crippen LogP contribution in [0.5, 0.6) is 0 Å². The average Bonchev–Trinajstić information content (AvgIpc) is 3.38. The Kier molecular flexibility index (Phi) is 5.18. The zero-order valence-electron chi connectivity index (χ0n) is 17.1. The molecule has 3 heterocycles. The van der Waals surface area contributed by atoms with E-state index in [0.29, 0.717) is 6.54 Å². The quantitative estimate of drug-likeness (QED) is 0.700. The van der Waals surface area contributed by atoms with Crippen molar-refractivity contribution in [1.29, 1.82) is 0 Å². The number of hydrogen-bond acceptors (Lipinski definition) is 6.